The fourth-order valence-electron chi connectivity index (χ4n) is 2.97. The Bertz CT molecular complexity index is 1130. The minimum Gasteiger partial charge on any atom is -0.310 e. The number of thiazole rings is 1. The second-order valence-electron chi connectivity index (χ2n) is 6.06. The molecule has 0 aliphatic heterocycles. The molecule has 0 spiro atoms. The Labute approximate surface area is 159 Å². The van der Waals surface area contributed by atoms with Gasteiger partial charge in [0, 0.05) is 12.1 Å². The number of carbonyl (C=O) groups is 1. The second-order valence-corrected chi connectivity index (χ2v) is 7.06. The molecule has 0 radical (unpaired) electrons. The smallest absolute Gasteiger partial charge is 0.269 e. The van der Waals surface area contributed by atoms with Crippen LogP contribution in [0.3, 0.4) is 0 Å². The molecule has 0 aliphatic carbocycles. The number of halogens is 1. The van der Waals surface area contributed by atoms with E-state index in [1.165, 1.54) is 23.5 Å². The largest absolute Gasteiger partial charge is 0.310 e. The van der Waals surface area contributed by atoms with E-state index in [4.69, 9.17) is 0 Å². The number of carbonyl (C=O) groups excluding carboxylic acids is 1. The van der Waals surface area contributed by atoms with Crippen LogP contribution in [0.5, 0.6) is 0 Å². The van der Waals surface area contributed by atoms with Crippen LogP contribution in [0.2, 0.25) is 0 Å². The van der Waals surface area contributed by atoms with Crippen LogP contribution in [0.4, 0.5) is 10.3 Å². The van der Waals surface area contributed by atoms with E-state index in [1.54, 1.807) is 19.1 Å². The van der Waals surface area contributed by atoms with Crippen LogP contribution in [-0.2, 0) is 6.54 Å². The molecule has 4 aromatic rings. The van der Waals surface area contributed by atoms with Gasteiger partial charge in [0.25, 0.3) is 5.91 Å². The maximum atomic E-state index is 13.1. The van der Waals surface area contributed by atoms with E-state index in [2.05, 4.69) is 15.3 Å². The highest BCUT2D eigenvalue weighted by molar-refractivity contribution is 7.17. The molecule has 2 aromatic heterocycles. The Morgan fingerprint density at radius 1 is 1.15 bits per heavy atom. The number of aromatic nitrogens is 3. The molecule has 5 nitrogen and oxygen atoms in total. The normalized spacial score (nSPS) is 11.1. The molecule has 0 saturated heterocycles. The van der Waals surface area contributed by atoms with Gasteiger partial charge >= 0.3 is 0 Å². The predicted octanol–water partition coefficient (Wildman–Crippen LogP) is 4.88. The maximum Gasteiger partial charge on any atom is 0.269 e. The number of rotatable bonds is 4. The SMILES string of the molecule is CCn1c(NC(=O)c2sc(-c3ccc(F)cc3)nc2C)nc2ccccc21. The second kappa shape index (κ2) is 6.92. The average molecular weight is 380 g/mol. The highest BCUT2D eigenvalue weighted by atomic mass is 32.1. The average Bonchev–Trinajstić information content (AvgIpc) is 3.22. The van der Waals surface area contributed by atoms with Gasteiger partial charge in [-0.15, -0.1) is 11.3 Å². The van der Waals surface area contributed by atoms with Gasteiger partial charge in [-0.1, -0.05) is 12.1 Å². The molecule has 0 bridgehead atoms. The number of hydrogen-bond acceptors (Lipinski definition) is 4. The zero-order chi connectivity index (χ0) is 19.0. The predicted molar refractivity (Wildman–Crippen MR) is 106 cm³/mol. The number of nitrogens with zero attached hydrogens (tertiary/aromatic N) is 3. The quantitative estimate of drug-likeness (QED) is 0.549. The first-order valence-corrected chi connectivity index (χ1v) is 9.38. The third kappa shape index (κ3) is 3.21. The number of anilines is 1. The molecule has 2 aromatic carbocycles. The standard InChI is InChI=1S/C20H17FN4OS/c1-3-25-16-7-5-4-6-15(16)23-20(25)24-18(26)17-12(2)22-19(27-17)13-8-10-14(21)11-9-13/h4-11H,3H2,1-2H3,(H,23,24,26). The van der Waals surface area contributed by atoms with Crippen molar-refractivity contribution < 1.29 is 9.18 Å². The van der Waals surface area contributed by atoms with Gasteiger partial charge in [-0.25, -0.2) is 14.4 Å². The molecule has 0 atom stereocenters. The summed E-state index contributed by atoms with van der Waals surface area (Å²) in [4.78, 5) is 22.3. The molecule has 7 heteroatoms. The molecule has 0 aliphatic rings. The Morgan fingerprint density at radius 3 is 2.63 bits per heavy atom. The lowest BCUT2D eigenvalue weighted by Gasteiger charge is -2.06. The molecular weight excluding hydrogens is 363 g/mol. The number of aryl methyl sites for hydroxylation is 2. The van der Waals surface area contributed by atoms with E-state index in [9.17, 15) is 9.18 Å². The number of amides is 1. The van der Waals surface area contributed by atoms with Crippen molar-refractivity contribution in [2.24, 2.45) is 0 Å². The van der Waals surface area contributed by atoms with Crippen molar-refractivity contribution in [3.63, 3.8) is 0 Å². The summed E-state index contributed by atoms with van der Waals surface area (Å²) in [5.74, 6) is -0.0355. The van der Waals surface area contributed by atoms with Crippen LogP contribution < -0.4 is 5.32 Å². The van der Waals surface area contributed by atoms with E-state index in [1.807, 2.05) is 35.8 Å². The highest BCUT2D eigenvalue weighted by Crippen LogP contribution is 2.29. The van der Waals surface area contributed by atoms with Crippen LogP contribution in [0, 0.1) is 12.7 Å². The molecule has 136 valence electrons. The van der Waals surface area contributed by atoms with E-state index in [0.29, 0.717) is 28.1 Å². The first kappa shape index (κ1) is 17.4. The van der Waals surface area contributed by atoms with Crippen molar-refractivity contribution in [3.8, 4) is 10.6 Å². The number of para-hydroxylation sites is 2. The van der Waals surface area contributed by atoms with Crippen molar-refractivity contribution >= 4 is 34.2 Å². The van der Waals surface area contributed by atoms with Gasteiger partial charge in [0.1, 0.15) is 15.7 Å². The van der Waals surface area contributed by atoms with Crippen LogP contribution in [-0.4, -0.2) is 20.4 Å². The molecular formula is C20H17FN4OS. The number of imidazole rings is 1. The molecule has 27 heavy (non-hydrogen) atoms. The van der Waals surface area contributed by atoms with Gasteiger partial charge in [0.2, 0.25) is 5.95 Å². The van der Waals surface area contributed by atoms with E-state index >= 15 is 0 Å². The lowest BCUT2D eigenvalue weighted by atomic mass is 10.2. The molecule has 1 N–H and O–H groups in total. The summed E-state index contributed by atoms with van der Waals surface area (Å²) in [6, 6.07) is 13.9. The summed E-state index contributed by atoms with van der Waals surface area (Å²) in [7, 11) is 0. The number of hydrogen-bond donors (Lipinski definition) is 1. The molecule has 4 rings (SSSR count). The van der Waals surface area contributed by atoms with Crippen LogP contribution in [0.25, 0.3) is 21.6 Å². The van der Waals surface area contributed by atoms with E-state index in [-0.39, 0.29) is 11.7 Å². The summed E-state index contributed by atoms with van der Waals surface area (Å²) in [5.41, 5.74) is 3.23. The minimum absolute atomic E-state index is 0.247. The molecule has 1 amide bonds. The maximum absolute atomic E-state index is 13.1. The lowest BCUT2D eigenvalue weighted by Crippen LogP contribution is -2.15. The van der Waals surface area contributed by atoms with Crippen LogP contribution in [0.1, 0.15) is 22.3 Å². The van der Waals surface area contributed by atoms with Crippen LogP contribution in [0.15, 0.2) is 48.5 Å². The van der Waals surface area contributed by atoms with Crippen LogP contribution >= 0.6 is 11.3 Å². The van der Waals surface area contributed by atoms with Crippen molar-refractivity contribution in [1.29, 1.82) is 0 Å². The van der Waals surface area contributed by atoms with Crippen molar-refractivity contribution in [2.45, 2.75) is 20.4 Å². The van der Waals surface area contributed by atoms with E-state index < -0.39 is 0 Å². The number of nitrogens with one attached hydrogen (secondary N) is 1. The fraction of sp³-hybridized carbons (Fsp3) is 0.150. The zero-order valence-electron chi connectivity index (χ0n) is 14.9. The number of fused-ring (bicyclic) bond motifs is 1. The zero-order valence-corrected chi connectivity index (χ0v) is 15.7. The Hall–Kier alpha value is -3.06. The first-order valence-electron chi connectivity index (χ1n) is 8.57. The van der Waals surface area contributed by atoms with Gasteiger partial charge in [-0.05, 0) is 50.2 Å². The Kier molecular flexibility index (Phi) is 4.45. The third-order valence-corrected chi connectivity index (χ3v) is 5.50. The molecule has 0 unspecified atom stereocenters. The van der Waals surface area contributed by atoms with Crippen molar-refractivity contribution in [2.75, 3.05) is 5.32 Å². The van der Waals surface area contributed by atoms with Gasteiger partial charge < -0.3 is 4.57 Å². The number of benzene rings is 2. The topological polar surface area (TPSA) is 59.8 Å². The summed E-state index contributed by atoms with van der Waals surface area (Å²) >= 11 is 1.28. The van der Waals surface area contributed by atoms with Gasteiger partial charge in [0.05, 0.1) is 16.7 Å². The summed E-state index contributed by atoms with van der Waals surface area (Å²) in [6.07, 6.45) is 0. The Morgan fingerprint density at radius 2 is 1.89 bits per heavy atom. The fourth-order valence-corrected chi connectivity index (χ4v) is 3.94. The monoisotopic (exact) mass is 380 g/mol. The summed E-state index contributed by atoms with van der Waals surface area (Å²) in [5, 5.41) is 3.59. The lowest BCUT2D eigenvalue weighted by molar-refractivity contribution is 0.102. The molecule has 2 heterocycles. The van der Waals surface area contributed by atoms with Crippen molar-refractivity contribution in [1.82, 2.24) is 14.5 Å². The highest BCUT2D eigenvalue weighted by Gasteiger charge is 2.19. The molecule has 0 saturated carbocycles. The third-order valence-electron chi connectivity index (χ3n) is 4.29. The Balaban J connectivity index is 1.65. The summed E-state index contributed by atoms with van der Waals surface area (Å²) in [6.45, 7) is 4.49. The van der Waals surface area contributed by atoms with Gasteiger partial charge in [0.15, 0.2) is 0 Å². The molecule has 0 fully saturated rings. The van der Waals surface area contributed by atoms with Gasteiger partial charge in [-0.2, -0.15) is 0 Å². The van der Waals surface area contributed by atoms with Crippen molar-refractivity contribution in [3.05, 3.63) is 64.9 Å². The summed E-state index contributed by atoms with van der Waals surface area (Å²) < 4.78 is 15.1. The minimum atomic E-state index is -0.302. The van der Waals surface area contributed by atoms with Gasteiger partial charge in [-0.3, -0.25) is 10.1 Å². The van der Waals surface area contributed by atoms with E-state index in [0.717, 1.165) is 16.6 Å². The first-order chi connectivity index (χ1) is 13.1.